The topological polar surface area (TPSA) is 84.2 Å². The van der Waals surface area contributed by atoms with Gasteiger partial charge in [-0.15, -0.1) is 0 Å². The molecule has 6 nitrogen and oxygen atoms in total. The second-order valence-corrected chi connectivity index (χ2v) is 7.65. The Bertz CT molecular complexity index is 611. The highest BCUT2D eigenvalue weighted by Gasteiger charge is 2.48. The van der Waals surface area contributed by atoms with E-state index in [2.05, 4.69) is 10.4 Å². The summed E-state index contributed by atoms with van der Waals surface area (Å²) in [5, 5.41) is 16.3. The fourth-order valence-corrected chi connectivity index (χ4v) is 5.18. The van der Waals surface area contributed by atoms with Gasteiger partial charge in [0.25, 0.3) is 5.91 Å². The van der Waals surface area contributed by atoms with Gasteiger partial charge in [-0.3, -0.25) is 9.48 Å². The van der Waals surface area contributed by atoms with Crippen LogP contribution in [0.25, 0.3) is 0 Å². The monoisotopic (exact) mass is 317 g/mol. The van der Waals surface area contributed by atoms with Crippen LogP contribution in [0.4, 0.5) is 0 Å². The average molecular weight is 317 g/mol. The number of hydrogen-bond acceptors (Lipinski definition) is 3. The molecule has 1 atom stereocenters. The van der Waals surface area contributed by atoms with Gasteiger partial charge in [-0.05, 0) is 62.7 Å². The normalized spacial score (nSPS) is 36.0. The summed E-state index contributed by atoms with van der Waals surface area (Å²) in [5.41, 5.74) is 0.451. The van der Waals surface area contributed by atoms with Crippen LogP contribution in [-0.2, 0) is 4.79 Å². The van der Waals surface area contributed by atoms with E-state index in [1.54, 1.807) is 6.92 Å². The van der Waals surface area contributed by atoms with Gasteiger partial charge >= 0.3 is 5.97 Å². The number of nitrogens with zero attached hydrogens (tertiary/aromatic N) is 2. The number of carboxylic acids is 1. The summed E-state index contributed by atoms with van der Waals surface area (Å²) in [6.07, 6.45) is 9.42. The number of aliphatic carboxylic acids is 1. The molecule has 1 unspecified atom stereocenters. The van der Waals surface area contributed by atoms with Crippen molar-refractivity contribution in [3.8, 4) is 0 Å². The molecule has 4 fully saturated rings. The molecule has 4 aliphatic carbocycles. The van der Waals surface area contributed by atoms with Gasteiger partial charge in [-0.2, -0.15) is 5.10 Å². The van der Waals surface area contributed by atoms with E-state index in [4.69, 9.17) is 5.11 Å². The van der Waals surface area contributed by atoms with Gasteiger partial charge in [0.15, 0.2) is 0 Å². The summed E-state index contributed by atoms with van der Waals surface area (Å²) in [7, 11) is 0. The van der Waals surface area contributed by atoms with E-state index in [1.165, 1.54) is 49.2 Å². The highest BCUT2D eigenvalue weighted by molar-refractivity contribution is 5.94. The van der Waals surface area contributed by atoms with Crippen molar-refractivity contribution in [2.75, 3.05) is 0 Å². The third-order valence-corrected chi connectivity index (χ3v) is 6.14. The lowest BCUT2D eigenvalue weighted by molar-refractivity contribution is -0.140. The van der Waals surface area contributed by atoms with Crippen molar-refractivity contribution < 1.29 is 14.7 Å². The third-order valence-electron chi connectivity index (χ3n) is 6.14. The molecule has 2 N–H and O–H groups in total. The van der Waals surface area contributed by atoms with Crippen LogP contribution in [0.5, 0.6) is 0 Å². The minimum Gasteiger partial charge on any atom is -0.480 e. The molecule has 1 amide bonds. The Morgan fingerprint density at radius 3 is 2.39 bits per heavy atom. The molecule has 23 heavy (non-hydrogen) atoms. The predicted molar refractivity (Wildman–Crippen MR) is 82.9 cm³/mol. The van der Waals surface area contributed by atoms with Crippen LogP contribution in [0.15, 0.2) is 12.4 Å². The number of nitrogens with one attached hydrogen (secondary N) is 1. The van der Waals surface area contributed by atoms with Crippen LogP contribution in [0.2, 0.25) is 0 Å². The van der Waals surface area contributed by atoms with Gasteiger partial charge in [-0.1, -0.05) is 0 Å². The van der Waals surface area contributed by atoms with Crippen LogP contribution >= 0.6 is 0 Å². The second kappa shape index (κ2) is 5.35. The van der Waals surface area contributed by atoms with Gasteiger partial charge in [0, 0.05) is 12.2 Å². The van der Waals surface area contributed by atoms with Crippen molar-refractivity contribution in [2.45, 2.75) is 51.1 Å². The second-order valence-electron chi connectivity index (χ2n) is 7.65. The largest absolute Gasteiger partial charge is 0.480 e. The standard InChI is InChI=1S/C17H23N3O3/c1-9(17(22)23)20-8-14(7-18-20)16(21)19-15-12-3-10-2-11(5-12)6-13(15)4-10/h7-13,15H,2-6H2,1H3,(H,19,21)(H,22,23). The van der Waals surface area contributed by atoms with Crippen molar-refractivity contribution in [3.63, 3.8) is 0 Å². The summed E-state index contributed by atoms with van der Waals surface area (Å²) in [6, 6.07) is -0.478. The highest BCUT2D eigenvalue weighted by atomic mass is 16.4. The fourth-order valence-electron chi connectivity index (χ4n) is 5.18. The lowest BCUT2D eigenvalue weighted by atomic mass is 9.54. The first-order valence-corrected chi connectivity index (χ1v) is 8.59. The Kier molecular flexibility index (Phi) is 3.43. The van der Waals surface area contributed by atoms with Crippen LogP contribution in [0.1, 0.15) is 55.4 Å². The number of hydrogen-bond donors (Lipinski definition) is 2. The van der Waals surface area contributed by atoms with Crippen molar-refractivity contribution in [2.24, 2.45) is 23.7 Å². The molecule has 1 aromatic heterocycles. The fraction of sp³-hybridized carbons (Fsp3) is 0.706. The van der Waals surface area contributed by atoms with E-state index < -0.39 is 12.0 Å². The number of carbonyl (C=O) groups is 2. The number of rotatable bonds is 4. The van der Waals surface area contributed by atoms with E-state index in [0.717, 1.165) is 11.8 Å². The minimum absolute atomic E-state index is 0.119. The summed E-state index contributed by atoms with van der Waals surface area (Å²) in [6.45, 7) is 1.55. The van der Waals surface area contributed by atoms with Gasteiger partial charge in [0.05, 0.1) is 11.8 Å². The Labute approximate surface area is 135 Å². The quantitative estimate of drug-likeness (QED) is 0.890. The molecule has 6 heteroatoms. The molecular formula is C17H23N3O3. The zero-order chi connectivity index (χ0) is 16.1. The van der Waals surface area contributed by atoms with Crippen LogP contribution < -0.4 is 5.32 Å². The van der Waals surface area contributed by atoms with Gasteiger partial charge in [-0.25, -0.2) is 4.79 Å². The molecule has 4 bridgehead atoms. The average Bonchev–Trinajstić information content (AvgIpc) is 2.99. The summed E-state index contributed by atoms with van der Waals surface area (Å²) in [5.74, 6) is 1.94. The lowest BCUT2D eigenvalue weighted by Gasteiger charge is -2.54. The van der Waals surface area contributed by atoms with Gasteiger partial charge in [0.2, 0.25) is 0 Å². The van der Waals surface area contributed by atoms with Crippen LogP contribution in [0, 0.1) is 23.7 Å². The first-order valence-electron chi connectivity index (χ1n) is 8.59. The van der Waals surface area contributed by atoms with Crippen molar-refractivity contribution in [3.05, 3.63) is 18.0 Å². The molecule has 0 aromatic carbocycles. The Hall–Kier alpha value is -1.85. The number of aromatic nitrogens is 2. The zero-order valence-electron chi connectivity index (χ0n) is 13.3. The molecule has 1 heterocycles. The van der Waals surface area contributed by atoms with E-state index in [-0.39, 0.29) is 11.9 Å². The highest BCUT2D eigenvalue weighted by Crippen LogP contribution is 2.53. The Balaban J connectivity index is 1.45. The molecule has 0 radical (unpaired) electrons. The van der Waals surface area contributed by atoms with Gasteiger partial charge in [0.1, 0.15) is 6.04 Å². The third kappa shape index (κ3) is 2.54. The van der Waals surface area contributed by atoms with E-state index >= 15 is 0 Å². The molecule has 5 rings (SSSR count). The molecule has 1 aromatic rings. The maximum Gasteiger partial charge on any atom is 0.328 e. The van der Waals surface area contributed by atoms with Gasteiger partial charge < -0.3 is 10.4 Å². The number of carboxylic acid groups (broad SMARTS) is 1. The molecule has 4 aliphatic rings. The Morgan fingerprint density at radius 1 is 1.22 bits per heavy atom. The van der Waals surface area contributed by atoms with Crippen LogP contribution in [-0.4, -0.2) is 32.8 Å². The number of amides is 1. The minimum atomic E-state index is -0.957. The van der Waals surface area contributed by atoms with E-state index in [0.29, 0.717) is 17.4 Å². The molecule has 0 saturated heterocycles. The maximum absolute atomic E-state index is 12.5. The smallest absolute Gasteiger partial charge is 0.328 e. The molecule has 124 valence electrons. The van der Waals surface area contributed by atoms with Crippen molar-refractivity contribution in [1.82, 2.24) is 15.1 Å². The Morgan fingerprint density at radius 2 is 1.83 bits per heavy atom. The number of carbonyl (C=O) groups excluding carboxylic acids is 1. The summed E-state index contributed by atoms with van der Waals surface area (Å²) >= 11 is 0. The lowest BCUT2D eigenvalue weighted by Crippen LogP contribution is -2.55. The predicted octanol–water partition coefficient (Wildman–Crippen LogP) is 2.08. The van der Waals surface area contributed by atoms with E-state index in [1.807, 2.05) is 0 Å². The molecule has 0 aliphatic heterocycles. The first kappa shape index (κ1) is 14.7. The van der Waals surface area contributed by atoms with E-state index in [9.17, 15) is 9.59 Å². The summed E-state index contributed by atoms with van der Waals surface area (Å²) < 4.78 is 1.33. The molecule has 4 saturated carbocycles. The SMILES string of the molecule is CC(C(=O)O)n1cc(C(=O)NC2C3CC4CC(C3)CC2C4)cn1. The maximum atomic E-state index is 12.5. The van der Waals surface area contributed by atoms with Crippen LogP contribution in [0.3, 0.4) is 0 Å². The molecule has 0 spiro atoms. The first-order chi connectivity index (χ1) is 11.0. The molecular weight excluding hydrogens is 294 g/mol. The zero-order valence-corrected chi connectivity index (χ0v) is 13.3. The summed E-state index contributed by atoms with van der Waals surface area (Å²) in [4.78, 5) is 23.5. The van der Waals surface area contributed by atoms with Crippen molar-refractivity contribution in [1.29, 1.82) is 0 Å². The van der Waals surface area contributed by atoms with Crippen molar-refractivity contribution >= 4 is 11.9 Å².